The first kappa shape index (κ1) is 15.7. The number of hydrogen-bond donors (Lipinski definition) is 0. The fourth-order valence-corrected chi connectivity index (χ4v) is 3.24. The van der Waals surface area contributed by atoms with E-state index in [1.54, 1.807) is 6.20 Å². The van der Waals surface area contributed by atoms with Crippen LogP contribution in [0.4, 0.5) is 0 Å². The average molecular weight is 310 g/mol. The van der Waals surface area contributed by atoms with E-state index >= 15 is 0 Å². The average Bonchev–Trinajstić information content (AvgIpc) is 3.01. The molecule has 1 fully saturated rings. The molecular formula is C19H22N2O2. The van der Waals surface area contributed by atoms with Crippen LogP contribution in [0.25, 0.3) is 0 Å². The molecule has 120 valence electrons. The largest absolute Gasteiger partial charge is 0.466 e. The zero-order valence-corrected chi connectivity index (χ0v) is 13.4. The Morgan fingerprint density at radius 1 is 1.17 bits per heavy atom. The lowest BCUT2D eigenvalue weighted by atomic mass is 9.92. The highest BCUT2D eigenvalue weighted by Gasteiger charge is 2.39. The standard InChI is InChI=1S/C19H22N2O2/c1-2-23-19(22)17-14-21(12-15-8-4-3-5-9-15)13-16(17)18-10-6-7-11-20-18/h3-11,16-17H,2,12-14H2,1H3/t16-,17-/m1/s1. The Morgan fingerprint density at radius 3 is 2.65 bits per heavy atom. The van der Waals surface area contributed by atoms with Crippen molar-refractivity contribution in [3.05, 3.63) is 66.0 Å². The lowest BCUT2D eigenvalue weighted by Crippen LogP contribution is -2.25. The van der Waals surface area contributed by atoms with Crippen LogP contribution in [0.1, 0.15) is 24.1 Å². The van der Waals surface area contributed by atoms with Crippen LogP contribution in [0.2, 0.25) is 0 Å². The molecule has 0 bridgehead atoms. The quantitative estimate of drug-likeness (QED) is 0.797. The molecule has 1 aromatic carbocycles. The number of hydrogen-bond acceptors (Lipinski definition) is 4. The SMILES string of the molecule is CCOC(=O)[C@@H]1CN(Cc2ccccc2)C[C@H]1c1ccccn1. The molecule has 0 unspecified atom stereocenters. The summed E-state index contributed by atoms with van der Waals surface area (Å²) in [7, 11) is 0. The summed E-state index contributed by atoms with van der Waals surface area (Å²) in [5, 5.41) is 0. The van der Waals surface area contributed by atoms with Gasteiger partial charge in [0.25, 0.3) is 0 Å². The monoisotopic (exact) mass is 310 g/mol. The Hall–Kier alpha value is -2.20. The third-order valence-electron chi connectivity index (χ3n) is 4.30. The number of benzene rings is 1. The highest BCUT2D eigenvalue weighted by Crippen LogP contribution is 2.33. The van der Waals surface area contributed by atoms with Crippen LogP contribution in [-0.4, -0.2) is 35.5 Å². The molecule has 4 nitrogen and oxygen atoms in total. The van der Waals surface area contributed by atoms with Crippen molar-refractivity contribution in [3.63, 3.8) is 0 Å². The zero-order chi connectivity index (χ0) is 16.1. The normalized spacial score (nSPS) is 21.3. The van der Waals surface area contributed by atoms with E-state index in [9.17, 15) is 4.79 Å². The topological polar surface area (TPSA) is 42.4 Å². The van der Waals surface area contributed by atoms with Gasteiger partial charge in [0.15, 0.2) is 0 Å². The van der Waals surface area contributed by atoms with Gasteiger partial charge in [0.2, 0.25) is 0 Å². The minimum atomic E-state index is -0.145. The van der Waals surface area contributed by atoms with E-state index in [1.807, 2.05) is 43.3 Å². The maximum atomic E-state index is 12.4. The van der Waals surface area contributed by atoms with Gasteiger partial charge in [-0.15, -0.1) is 0 Å². The first-order valence-corrected chi connectivity index (χ1v) is 8.11. The number of carbonyl (C=O) groups excluding carboxylic acids is 1. The van der Waals surface area contributed by atoms with E-state index in [0.29, 0.717) is 6.61 Å². The van der Waals surface area contributed by atoms with Gasteiger partial charge in [-0.25, -0.2) is 0 Å². The predicted molar refractivity (Wildman–Crippen MR) is 88.8 cm³/mol. The highest BCUT2D eigenvalue weighted by molar-refractivity contribution is 5.74. The van der Waals surface area contributed by atoms with Gasteiger partial charge in [0.05, 0.1) is 12.5 Å². The molecule has 0 amide bonds. The molecule has 0 spiro atoms. The number of rotatable bonds is 5. The third kappa shape index (κ3) is 3.77. The summed E-state index contributed by atoms with van der Waals surface area (Å²) in [6, 6.07) is 16.2. The van der Waals surface area contributed by atoms with E-state index in [2.05, 4.69) is 22.0 Å². The van der Waals surface area contributed by atoms with Gasteiger partial charge < -0.3 is 4.74 Å². The minimum Gasteiger partial charge on any atom is -0.466 e. The Bertz CT molecular complexity index is 630. The molecule has 2 atom stereocenters. The van der Waals surface area contributed by atoms with Gasteiger partial charge in [-0.05, 0) is 24.6 Å². The summed E-state index contributed by atoms with van der Waals surface area (Å²) in [4.78, 5) is 19.1. The van der Waals surface area contributed by atoms with Crippen molar-refractivity contribution in [1.82, 2.24) is 9.88 Å². The summed E-state index contributed by atoms with van der Waals surface area (Å²) in [5.74, 6) is -0.161. The van der Waals surface area contributed by atoms with Gasteiger partial charge >= 0.3 is 5.97 Å². The maximum absolute atomic E-state index is 12.4. The van der Waals surface area contributed by atoms with Crippen molar-refractivity contribution in [2.75, 3.05) is 19.7 Å². The Kier molecular flexibility index (Phi) is 5.03. The van der Waals surface area contributed by atoms with E-state index in [1.165, 1.54) is 5.56 Å². The molecule has 0 aliphatic carbocycles. The molecule has 23 heavy (non-hydrogen) atoms. The summed E-state index contributed by atoms with van der Waals surface area (Å²) in [5.41, 5.74) is 2.23. The molecule has 1 aliphatic rings. The first-order chi connectivity index (χ1) is 11.3. The number of esters is 1. The number of nitrogens with zero attached hydrogens (tertiary/aromatic N) is 2. The van der Waals surface area contributed by atoms with Crippen molar-refractivity contribution >= 4 is 5.97 Å². The van der Waals surface area contributed by atoms with Crippen LogP contribution in [0.15, 0.2) is 54.7 Å². The maximum Gasteiger partial charge on any atom is 0.310 e. The molecular weight excluding hydrogens is 288 g/mol. The Balaban J connectivity index is 1.77. The van der Waals surface area contributed by atoms with E-state index in [0.717, 1.165) is 25.3 Å². The molecule has 3 rings (SSSR count). The Morgan fingerprint density at radius 2 is 1.96 bits per heavy atom. The fourth-order valence-electron chi connectivity index (χ4n) is 3.24. The molecule has 1 aliphatic heterocycles. The van der Waals surface area contributed by atoms with Crippen molar-refractivity contribution in [3.8, 4) is 0 Å². The first-order valence-electron chi connectivity index (χ1n) is 8.11. The van der Waals surface area contributed by atoms with Gasteiger partial charge in [-0.1, -0.05) is 36.4 Å². The van der Waals surface area contributed by atoms with E-state index in [-0.39, 0.29) is 17.8 Å². The molecule has 2 heterocycles. The second kappa shape index (κ2) is 7.38. The van der Waals surface area contributed by atoms with Crippen LogP contribution >= 0.6 is 0 Å². The molecule has 1 saturated heterocycles. The fraction of sp³-hybridized carbons (Fsp3) is 0.368. The molecule has 1 aromatic heterocycles. The lowest BCUT2D eigenvalue weighted by molar-refractivity contribution is -0.148. The van der Waals surface area contributed by atoms with E-state index in [4.69, 9.17) is 4.74 Å². The predicted octanol–water partition coefficient (Wildman–Crippen LogP) is 2.86. The number of carbonyl (C=O) groups is 1. The second-order valence-electron chi connectivity index (χ2n) is 5.90. The smallest absolute Gasteiger partial charge is 0.310 e. The van der Waals surface area contributed by atoms with Crippen molar-refractivity contribution in [2.24, 2.45) is 5.92 Å². The molecule has 4 heteroatoms. The van der Waals surface area contributed by atoms with Crippen molar-refractivity contribution in [1.29, 1.82) is 0 Å². The van der Waals surface area contributed by atoms with Crippen molar-refractivity contribution in [2.45, 2.75) is 19.4 Å². The summed E-state index contributed by atoms with van der Waals surface area (Å²) in [6.07, 6.45) is 1.79. The van der Waals surface area contributed by atoms with Gasteiger partial charge in [-0.3, -0.25) is 14.7 Å². The summed E-state index contributed by atoms with van der Waals surface area (Å²) in [6.45, 7) is 4.66. The zero-order valence-electron chi connectivity index (χ0n) is 13.4. The van der Waals surface area contributed by atoms with E-state index < -0.39 is 0 Å². The van der Waals surface area contributed by atoms with Crippen LogP contribution in [0.5, 0.6) is 0 Å². The Labute approximate surface area is 137 Å². The molecule has 0 radical (unpaired) electrons. The van der Waals surface area contributed by atoms with Gasteiger partial charge in [-0.2, -0.15) is 0 Å². The minimum absolute atomic E-state index is 0.0963. The molecule has 2 aromatic rings. The number of likely N-dealkylation sites (tertiary alicyclic amines) is 1. The molecule has 0 N–H and O–H groups in total. The van der Waals surface area contributed by atoms with Crippen LogP contribution in [0.3, 0.4) is 0 Å². The highest BCUT2D eigenvalue weighted by atomic mass is 16.5. The van der Waals surface area contributed by atoms with Gasteiger partial charge in [0.1, 0.15) is 0 Å². The number of pyridine rings is 1. The lowest BCUT2D eigenvalue weighted by Gasteiger charge is -2.16. The number of ether oxygens (including phenoxy) is 1. The van der Waals surface area contributed by atoms with Crippen molar-refractivity contribution < 1.29 is 9.53 Å². The van der Waals surface area contributed by atoms with Crippen LogP contribution < -0.4 is 0 Å². The second-order valence-corrected chi connectivity index (χ2v) is 5.90. The van der Waals surface area contributed by atoms with Gasteiger partial charge in [0, 0.05) is 37.4 Å². The van der Waals surface area contributed by atoms with Crippen LogP contribution in [-0.2, 0) is 16.1 Å². The summed E-state index contributed by atoms with van der Waals surface area (Å²) < 4.78 is 5.28. The molecule has 0 saturated carbocycles. The summed E-state index contributed by atoms with van der Waals surface area (Å²) >= 11 is 0. The van der Waals surface area contributed by atoms with Crippen LogP contribution in [0, 0.1) is 5.92 Å². The number of aromatic nitrogens is 1. The third-order valence-corrected chi connectivity index (χ3v) is 4.30.